The van der Waals surface area contributed by atoms with Crippen LogP contribution in [0.1, 0.15) is 33.1 Å². The van der Waals surface area contributed by atoms with Crippen LogP contribution in [0.15, 0.2) is 0 Å². The van der Waals surface area contributed by atoms with Crippen molar-refractivity contribution in [2.45, 2.75) is 50.4 Å². The third-order valence-electron chi connectivity index (χ3n) is 3.11. The van der Waals surface area contributed by atoms with Gasteiger partial charge in [-0.05, 0) is 26.7 Å². The number of rotatable bonds is 5. The monoisotopic (exact) mass is 263 g/mol. The molecule has 0 heterocycles. The predicted molar refractivity (Wildman–Crippen MR) is 65.5 cm³/mol. The first-order chi connectivity index (χ1) is 7.86. The van der Waals surface area contributed by atoms with Crippen LogP contribution < -0.4 is 5.32 Å². The first kappa shape index (κ1) is 14.4. The van der Waals surface area contributed by atoms with Crippen LogP contribution in [0.3, 0.4) is 0 Å². The van der Waals surface area contributed by atoms with Crippen molar-refractivity contribution in [3.05, 3.63) is 0 Å². The summed E-state index contributed by atoms with van der Waals surface area (Å²) in [5.41, 5.74) is 0. The molecule has 1 fully saturated rings. The normalized spacial score (nSPS) is 26.8. The Balaban J connectivity index is 2.59. The summed E-state index contributed by atoms with van der Waals surface area (Å²) in [5, 5.41) is 2.69. The zero-order valence-electron chi connectivity index (χ0n) is 10.6. The molecular formula is C11H21NO4S. The molecule has 0 radical (unpaired) electrons. The summed E-state index contributed by atoms with van der Waals surface area (Å²) in [4.78, 5) is 11.5. The zero-order valence-corrected chi connectivity index (χ0v) is 11.4. The maximum Gasteiger partial charge on any atom is 0.322 e. The second-order valence-corrected chi connectivity index (χ2v) is 6.81. The van der Waals surface area contributed by atoms with Gasteiger partial charge in [0.15, 0.2) is 9.84 Å². The Labute approximate surface area is 103 Å². The molecule has 100 valence electrons. The van der Waals surface area contributed by atoms with E-state index < -0.39 is 15.9 Å². The summed E-state index contributed by atoms with van der Waals surface area (Å²) in [6.07, 6.45) is 3.60. The van der Waals surface area contributed by atoms with E-state index in [-0.39, 0.29) is 17.3 Å². The van der Waals surface area contributed by atoms with Gasteiger partial charge in [0.25, 0.3) is 0 Å². The lowest BCUT2D eigenvalue weighted by Gasteiger charge is -2.22. The highest BCUT2D eigenvalue weighted by Crippen LogP contribution is 2.25. The van der Waals surface area contributed by atoms with Crippen LogP contribution in [0.4, 0.5) is 0 Å². The molecule has 6 heteroatoms. The molecule has 1 aliphatic rings. The summed E-state index contributed by atoms with van der Waals surface area (Å²) in [6.45, 7) is 3.79. The second-order valence-electron chi connectivity index (χ2n) is 4.55. The fourth-order valence-corrected chi connectivity index (χ4v) is 3.69. The van der Waals surface area contributed by atoms with Gasteiger partial charge in [-0.1, -0.05) is 6.42 Å². The Bertz CT molecular complexity index is 366. The molecule has 0 bridgehead atoms. The smallest absolute Gasteiger partial charge is 0.322 e. The zero-order chi connectivity index (χ0) is 13.1. The van der Waals surface area contributed by atoms with Gasteiger partial charge in [0.1, 0.15) is 6.04 Å². The van der Waals surface area contributed by atoms with E-state index in [1.165, 1.54) is 6.26 Å². The van der Waals surface area contributed by atoms with Gasteiger partial charge in [-0.3, -0.25) is 4.79 Å². The van der Waals surface area contributed by atoms with E-state index in [9.17, 15) is 13.2 Å². The van der Waals surface area contributed by atoms with Gasteiger partial charge in [-0.15, -0.1) is 0 Å². The fraction of sp³-hybridized carbons (Fsp3) is 0.909. The number of hydrogen-bond donors (Lipinski definition) is 1. The van der Waals surface area contributed by atoms with Crippen molar-refractivity contribution in [2.75, 3.05) is 12.9 Å². The van der Waals surface area contributed by atoms with Gasteiger partial charge >= 0.3 is 5.97 Å². The number of sulfone groups is 1. The first-order valence-corrected chi connectivity index (χ1v) is 7.93. The molecule has 0 aromatic rings. The Morgan fingerprint density at radius 3 is 2.65 bits per heavy atom. The molecule has 17 heavy (non-hydrogen) atoms. The van der Waals surface area contributed by atoms with Crippen LogP contribution in [-0.4, -0.2) is 44.6 Å². The van der Waals surface area contributed by atoms with Gasteiger partial charge in [0, 0.05) is 12.3 Å². The lowest BCUT2D eigenvalue weighted by molar-refractivity contribution is -0.145. The quantitative estimate of drug-likeness (QED) is 0.731. The van der Waals surface area contributed by atoms with Crippen molar-refractivity contribution < 1.29 is 17.9 Å². The Hall–Kier alpha value is -0.620. The van der Waals surface area contributed by atoms with Crippen LogP contribution in [0.5, 0.6) is 0 Å². The molecule has 1 aliphatic carbocycles. The maximum absolute atomic E-state index is 11.6. The van der Waals surface area contributed by atoms with Gasteiger partial charge in [-0.2, -0.15) is 0 Å². The SMILES string of the molecule is CCOC(=O)C(C)NC1CCCC1S(C)(=O)=O. The number of ether oxygens (including phenoxy) is 1. The van der Waals surface area contributed by atoms with Gasteiger partial charge in [0.05, 0.1) is 11.9 Å². The van der Waals surface area contributed by atoms with Gasteiger partial charge < -0.3 is 10.1 Å². The molecule has 0 aromatic carbocycles. The minimum absolute atomic E-state index is 0.135. The highest BCUT2D eigenvalue weighted by Gasteiger charge is 2.36. The van der Waals surface area contributed by atoms with Crippen molar-refractivity contribution in [1.29, 1.82) is 0 Å². The highest BCUT2D eigenvalue weighted by molar-refractivity contribution is 7.91. The average molecular weight is 263 g/mol. The molecule has 0 amide bonds. The summed E-state index contributed by atoms with van der Waals surface area (Å²) >= 11 is 0. The van der Waals surface area contributed by atoms with E-state index >= 15 is 0 Å². The lowest BCUT2D eigenvalue weighted by Crippen LogP contribution is -2.47. The average Bonchev–Trinajstić information content (AvgIpc) is 2.65. The topological polar surface area (TPSA) is 72.5 Å². The maximum atomic E-state index is 11.6. The van der Waals surface area contributed by atoms with Crippen LogP contribution in [0.25, 0.3) is 0 Å². The fourth-order valence-electron chi connectivity index (χ4n) is 2.29. The molecular weight excluding hydrogens is 242 g/mol. The van der Waals surface area contributed by atoms with Crippen molar-refractivity contribution >= 4 is 15.8 Å². The Kier molecular flexibility index (Phi) is 4.94. The largest absolute Gasteiger partial charge is 0.465 e. The molecule has 1 rings (SSSR count). The van der Waals surface area contributed by atoms with Crippen molar-refractivity contribution in [3.8, 4) is 0 Å². The lowest BCUT2D eigenvalue weighted by atomic mass is 10.2. The van der Waals surface area contributed by atoms with E-state index in [1.807, 2.05) is 0 Å². The van der Waals surface area contributed by atoms with Gasteiger partial charge in [0.2, 0.25) is 0 Å². The number of carbonyl (C=O) groups is 1. The molecule has 5 nitrogen and oxygen atoms in total. The first-order valence-electron chi connectivity index (χ1n) is 5.97. The van der Waals surface area contributed by atoms with Crippen LogP contribution in [-0.2, 0) is 19.4 Å². The number of hydrogen-bond acceptors (Lipinski definition) is 5. The number of nitrogens with one attached hydrogen (secondary N) is 1. The van der Waals surface area contributed by atoms with Crippen LogP contribution in [0.2, 0.25) is 0 Å². The van der Waals surface area contributed by atoms with Crippen LogP contribution >= 0.6 is 0 Å². The van der Waals surface area contributed by atoms with Crippen molar-refractivity contribution in [2.24, 2.45) is 0 Å². The van der Waals surface area contributed by atoms with Crippen molar-refractivity contribution in [1.82, 2.24) is 5.32 Å². The Morgan fingerprint density at radius 1 is 1.47 bits per heavy atom. The Morgan fingerprint density at radius 2 is 2.12 bits per heavy atom. The molecule has 1 N–H and O–H groups in total. The highest BCUT2D eigenvalue weighted by atomic mass is 32.2. The molecule has 0 aromatic heterocycles. The van der Waals surface area contributed by atoms with Gasteiger partial charge in [-0.25, -0.2) is 8.42 Å². The molecule has 3 atom stereocenters. The molecule has 0 spiro atoms. The minimum atomic E-state index is -3.05. The van der Waals surface area contributed by atoms with Crippen molar-refractivity contribution in [3.63, 3.8) is 0 Å². The molecule has 0 saturated heterocycles. The molecule has 1 saturated carbocycles. The van der Waals surface area contributed by atoms with E-state index in [0.717, 1.165) is 12.8 Å². The second kappa shape index (κ2) is 5.82. The summed E-state index contributed by atoms with van der Waals surface area (Å²) in [7, 11) is -3.05. The number of carbonyl (C=O) groups excluding carboxylic acids is 1. The summed E-state index contributed by atoms with van der Waals surface area (Å²) in [5.74, 6) is -0.327. The van der Waals surface area contributed by atoms with E-state index in [1.54, 1.807) is 13.8 Å². The standard InChI is InChI=1S/C11H21NO4S/c1-4-16-11(13)8(2)12-9-6-5-7-10(9)17(3,14)15/h8-10,12H,4-7H2,1-3H3. The predicted octanol–water partition coefficient (Wildman–Crippen LogP) is 0.493. The summed E-state index contributed by atoms with van der Waals surface area (Å²) < 4.78 is 28.0. The minimum Gasteiger partial charge on any atom is -0.465 e. The summed E-state index contributed by atoms with van der Waals surface area (Å²) in [6, 6.07) is -0.591. The van der Waals surface area contributed by atoms with Crippen LogP contribution in [0, 0.1) is 0 Å². The van der Waals surface area contributed by atoms with E-state index in [0.29, 0.717) is 13.0 Å². The van der Waals surface area contributed by atoms with E-state index in [2.05, 4.69) is 5.32 Å². The third-order valence-corrected chi connectivity index (χ3v) is 4.77. The molecule has 0 aliphatic heterocycles. The molecule has 3 unspecified atom stereocenters. The third kappa shape index (κ3) is 3.96. The van der Waals surface area contributed by atoms with E-state index in [4.69, 9.17) is 4.74 Å². The number of esters is 1.